The summed E-state index contributed by atoms with van der Waals surface area (Å²) in [5.74, 6) is -1.01. The molecule has 0 aliphatic carbocycles. The zero-order valence-corrected chi connectivity index (χ0v) is 20.0. The highest BCUT2D eigenvalue weighted by atomic mass is 16.6. The SMILES string of the molecule is C.CCOC(=O)C1CN(C(=O)OC(C)(C)C)CC1NC(=O)c1c(C)nc2c(OCC)cccn12. The van der Waals surface area contributed by atoms with Crippen LogP contribution in [-0.4, -0.2) is 70.2 Å². The van der Waals surface area contributed by atoms with Gasteiger partial charge in [-0.2, -0.15) is 0 Å². The summed E-state index contributed by atoms with van der Waals surface area (Å²) in [6, 6.07) is 2.93. The number of nitrogens with one attached hydrogen (secondary N) is 1. The minimum absolute atomic E-state index is 0. The Morgan fingerprint density at radius 1 is 1.18 bits per heavy atom. The summed E-state index contributed by atoms with van der Waals surface area (Å²) >= 11 is 0. The number of ether oxygens (including phenoxy) is 3. The molecular weight excluding hydrogens is 440 g/mol. The quantitative estimate of drug-likeness (QED) is 0.637. The minimum atomic E-state index is -0.708. The third kappa shape index (κ3) is 5.78. The maximum atomic E-state index is 13.3. The first-order valence-electron chi connectivity index (χ1n) is 11.1. The molecule has 10 heteroatoms. The van der Waals surface area contributed by atoms with E-state index in [0.717, 1.165) is 0 Å². The first kappa shape index (κ1) is 26.9. The molecular formula is C24H36N4O6. The number of pyridine rings is 1. The molecule has 0 saturated carbocycles. The lowest BCUT2D eigenvalue weighted by Gasteiger charge is -2.24. The molecule has 1 aliphatic rings. The van der Waals surface area contributed by atoms with Crippen LogP contribution in [0, 0.1) is 12.8 Å². The topological polar surface area (TPSA) is 111 Å². The Bertz CT molecular complexity index is 1040. The van der Waals surface area contributed by atoms with Crippen molar-refractivity contribution in [3.63, 3.8) is 0 Å². The highest BCUT2D eigenvalue weighted by Gasteiger charge is 2.43. The van der Waals surface area contributed by atoms with Gasteiger partial charge in [-0.05, 0) is 53.7 Å². The van der Waals surface area contributed by atoms with Gasteiger partial charge in [0.1, 0.15) is 11.3 Å². The van der Waals surface area contributed by atoms with E-state index in [9.17, 15) is 14.4 Å². The number of hydrogen-bond donors (Lipinski definition) is 1. The first-order valence-corrected chi connectivity index (χ1v) is 11.1. The maximum absolute atomic E-state index is 13.3. The van der Waals surface area contributed by atoms with Gasteiger partial charge in [-0.15, -0.1) is 0 Å². The van der Waals surface area contributed by atoms with E-state index in [1.165, 1.54) is 4.90 Å². The fourth-order valence-corrected chi connectivity index (χ4v) is 3.85. The molecule has 2 amide bonds. The van der Waals surface area contributed by atoms with Crippen LogP contribution in [0.3, 0.4) is 0 Å². The molecule has 2 atom stereocenters. The number of aryl methyl sites for hydroxylation is 1. The molecule has 1 saturated heterocycles. The molecule has 0 spiro atoms. The van der Waals surface area contributed by atoms with Crippen LogP contribution in [0.4, 0.5) is 4.79 Å². The largest absolute Gasteiger partial charge is 0.490 e. The molecule has 2 aromatic rings. The number of carbonyl (C=O) groups excluding carboxylic acids is 3. The Morgan fingerprint density at radius 3 is 2.50 bits per heavy atom. The van der Waals surface area contributed by atoms with Crippen LogP contribution in [-0.2, 0) is 14.3 Å². The van der Waals surface area contributed by atoms with Crippen molar-refractivity contribution in [1.29, 1.82) is 0 Å². The summed E-state index contributed by atoms with van der Waals surface area (Å²) in [5, 5.41) is 2.91. The van der Waals surface area contributed by atoms with E-state index < -0.39 is 35.5 Å². The van der Waals surface area contributed by atoms with Crippen molar-refractivity contribution in [1.82, 2.24) is 19.6 Å². The van der Waals surface area contributed by atoms with Crippen molar-refractivity contribution >= 4 is 23.6 Å². The predicted molar refractivity (Wildman–Crippen MR) is 127 cm³/mol. The highest BCUT2D eigenvalue weighted by molar-refractivity contribution is 5.95. The van der Waals surface area contributed by atoms with Gasteiger partial charge in [-0.25, -0.2) is 9.78 Å². The summed E-state index contributed by atoms with van der Waals surface area (Å²) in [6.45, 7) is 11.5. The number of imidazole rings is 1. The van der Waals surface area contributed by atoms with Gasteiger partial charge < -0.3 is 24.4 Å². The van der Waals surface area contributed by atoms with Gasteiger partial charge in [0.2, 0.25) is 0 Å². The molecule has 0 aromatic carbocycles. The molecule has 188 valence electrons. The molecule has 0 bridgehead atoms. The standard InChI is InChI=1S/C23H32N4O6.CH4/c1-7-31-17-10-9-11-27-18(14(3)24-19(17)27)20(28)25-16-13-26(22(30)33-23(4,5)6)12-15(16)21(29)32-8-2;/h9-11,15-16H,7-8,12-13H2,1-6H3,(H,25,28);1H4. The van der Waals surface area contributed by atoms with Crippen molar-refractivity contribution in [2.45, 2.75) is 60.6 Å². The monoisotopic (exact) mass is 476 g/mol. The fraction of sp³-hybridized carbons (Fsp3) is 0.583. The molecule has 2 aromatic heterocycles. The van der Waals surface area contributed by atoms with Gasteiger partial charge in [0.25, 0.3) is 5.91 Å². The number of likely N-dealkylation sites (tertiary alicyclic amines) is 1. The van der Waals surface area contributed by atoms with Crippen LogP contribution in [0.25, 0.3) is 5.65 Å². The van der Waals surface area contributed by atoms with E-state index in [1.54, 1.807) is 57.3 Å². The normalized spacial score (nSPS) is 17.8. The molecule has 3 heterocycles. The summed E-state index contributed by atoms with van der Waals surface area (Å²) in [7, 11) is 0. The van der Waals surface area contributed by atoms with Crippen molar-refractivity contribution in [2.75, 3.05) is 26.3 Å². The third-order valence-corrected chi connectivity index (χ3v) is 5.18. The summed E-state index contributed by atoms with van der Waals surface area (Å²) in [4.78, 5) is 44.4. The second-order valence-corrected chi connectivity index (χ2v) is 8.87. The second-order valence-electron chi connectivity index (χ2n) is 8.87. The lowest BCUT2D eigenvalue weighted by molar-refractivity contribution is -0.148. The number of amides is 2. The summed E-state index contributed by atoms with van der Waals surface area (Å²) in [6.07, 6.45) is 1.19. The Kier molecular flexibility index (Phi) is 8.52. The van der Waals surface area contributed by atoms with Crippen LogP contribution in [0.5, 0.6) is 5.75 Å². The molecule has 0 radical (unpaired) electrons. The minimum Gasteiger partial charge on any atom is -0.490 e. The summed E-state index contributed by atoms with van der Waals surface area (Å²) < 4.78 is 17.9. The fourth-order valence-electron chi connectivity index (χ4n) is 3.85. The van der Waals surface area contributed by atoms with Crippen LogP contribution in [0.2, 0.25) is 0 Å². The highest BCUT2D eigenvalue weighted by Crippen LogP contribution is 2.25. The van der Waals surface area contributed by atoms with Gasteiger partial charge in [-0.1, -0.05) is 7.43 Å². The smallest absolute Gasteiger partial charge is 0.410 e. The molecule has 1 aliphatic heterocycles. The van der Waals surface area contributed by atoms with Crippen LogP contribution in [0.1, 0.15) is 58.2 Å². The van der Waals surface area contributed by atoms with E-state index in [4.69, 9.17) is 14.2 Å². The van der Waals surface area contributed by atoms with Gasteiger partial charge in [-0.3, -0.25) is 14.0 Å². The van der Waals surface area contributed by atoms with E-state index in [1.807, 2.05) is 6.92 Å². The molecule has 34 heavy (non-hydrogen) atoms. The Balaban J connectivity index is 0.00000408. The number of nitrogens with zero attached hydrogens (tertiary/aromatic N) is 3. The lowest BCUT2D eigenvalue weighted by Crippen LogP contribution is -2.44. The van der Waals surface area contributed by atoms with Crippen molar-refractivity contribution in [3.8, 4) is 5.75 Å². The average molecular weight is 477 g/mol. The van der Waals surface area contributed by atoms with Gasteiger partial charge in [0.15, 0.2) is 11.4 Å². The number of hydrogen-bond acceptors (Lipinski definition) is 7. The average Bonchev–Trinajstić information content (AvgIpc) is 3.28. The van der Waals surface area contributed by atoms with Crippen molar-refractivity contribution in [3.05, 3.63) is 29.7 Å². The Labute approximate surface area is 200 Å². The zero-order valence-electron chi connectivity index (χ0n) is 20.0. The molecule has 2 unspecified atom stereocenters. The lowest BCUT2D eigenvalue weighted by atomic mass is 10.0. The molecule has 3 rings (SSSR count). The number of fused-ring (bicyclic) bond motifs is 1. The third-order valence-electron chi connectivity index (χ3n) is 5.18. The summed E-state index contributed by atoms with van der Waals surface area (Å²) in [5.41, 5.74) is 0.717. The van der Waals surface area contributed by atoms with E-state index in [0.29, 0.717) is 29.4 Å². The molecule has 10 nitrogen and oxygen atoms in total. The zero-order chi connectivity index (χ0) is 24.3. The van der Waals surface area contributed by atoms with E-state index in [-0.39, 0.29) is 27.1 Å². The van der Waals surface area contributed by atoms with Crippen molar-refractivity contribution in [2.24, 2.45) is 5.92 Å². The van der Waals surface area contributed by atoms with Gasteiger partial charge in [0.05, 0.1) is 30.9 Å². The number of esters is 1. The predicted octanol–water partition coefficient (Wildman–Crippen LogP) is 3.21. The second kappa shape index (κ2) is 10.8. The molecule has 1 N–H and O–H groups in total. The number of carbonyl (C=O) groups is 3. The first-order chi connectivity index (χ1) is 15.6. The van der Waals surface area contributed by atoms with E-state index >= 15 is 0 Å². The van der Waals surface area contributed by atoms with Crippen LogP contribution < -0.4 is 10.1 Å². The van der Waals surface area contributed by atoms with Gasteiger partial charge in [0, 0.05) is 19.3 Å². The van der Waals surface area contributed by atoms with Crippen LogP contribution >= 0.6 is 0 Å². The molecule has 1 fully saturated rings. The van der Waals surface area contributed by atoms with E-state index in [2.05, 4.69) is 10.3 Å². The van der Waals surface area contributed by atoms with Crippen LogP contribution in [0.15, 0.2) is 18.3 Å². The Hall–Kier alpha value is -3.30. The van der Waals surface area contributed by atoms with Gasteiger partial charge >= 0.3 is 12.1 Å². The number of aromatic nitrogens is 2. The maximum Gasteiger partial charge on any atom is 0.410 e. The Morgan fingerprint density at radius 2 is 1.88 bits per heavy atom. The number of rotatable bonds is 6. The van der Waals surface area contributed by atoms with Crippen molar-refractivity contribution < 1.29 is 28.6 Å².